The van der Waals surface area contributed by atoms with Crippen molar-refractivity contribution < 1.29 is 9.50 Å². The highest BCUT2D eigenvalue weighted by atomic mass is 35.5. The van der Waals surface area contributed by atoms with Crippen LogP contribution in [0.1, 0.15) is 0 Å². The molecule has 1 heterocycles. The Hall–Kier alpha value is -1.98. The van der Waals surface area contributed by atoms with Crippen LogP contribution in [0.3, 0.4) is 0 Å². The number of hydrogen-bond donors (Lipinski definition) is 1. The molecule has 0 unspecified atom stereocenters. The fourth-order valence-electron chi connectivity index (χ4n) is 1.76. The highest BCUT2D eigenvalue weighted by Gasteiger charge is 2.13. The maximum Gasteiger partial charge on any atom is 0.182 e. The van der Waals surface area contributed by atoms with Crippen molar-refractivity contribution in [3.63, 3.8) is 0 Å². The summed E-state index contributed by atoms with van der Waals surface area (Å²) in [6, 6.07) is 11.5. The first kappa shape index (κ1) is 13.0. The summed E-state index contributed by atoms with van der Waals surface area (Å²) in [5.41, 5.74) is 0.492. The third-order valence-electron chi connectivity index (χ3n) is 2.72. The highest BCUT2D eigenvalue weighted by molar-refractivity contribution is 7.23. The van der Waals surface area contributed by atoms with E-state index in [2.05, 4.69) is 10.2 Å². The topological polar surface area (TPSA) is 45.0 Å². The Balaban J connectivity index is 2.06. The molecule has 3 aromatic rings. The third kappa shape index (κ3) is 2.26. The van der Waals surface area contributed by atoms with E-state index in [1.54, 1.807) is 36.4 Å². The lowest BCUT2D eigenvalue weighted by molar-refractivity contribution is 0.484. The first-order valence-corrected chi connectivity index (χ1v) is 6.92. The quantitative estimate of drug-likeness (QED) is 0.596. The van der Waals surface area contributed by atoms with Crippen LogP contribution in [0.4, 0.5) is 15.1 Å². The van der Waals surface area contributed by atoms with E-state index in [1.807, 2.05) is 0 Å². The molecule has 0 saturated carbocycles. The molecule has 3 rings (SSSR count). The fourth-order valence-corrected chi connectivity index (χ4v) is 2.85. The second-order valence-corrected chi connectivity index (χ2v) is 5.43. The molecule has 100 valence electrons. The predicted octanol–water partition coefficient (Wildman–Crippen LogP) is 5.81. The summed E-state index contributed by atoms with van der Waals surface area (Å²) in [5.74, 6) is -0.456. The van der Waals surface area contributed by atoms with E-state index >= 15 is 0 Å². The van der Waals surface area contributed by atoms with Crippen molar-refractivity contribution in [3.05, 3.63) is 53.3 Å². The molecule has 0 spiro atoms. The van der Waals surface area contributed by atoms with Gasteiger partial charge in [0.2, 0.25) is 0 Å². The molecular weight excluding hydrogens is 299 g/mol. The summed E-state index contributed by atoms with van der Waals surface area (Å²) < 4.78 is 14.0. The zero-order valence-electron chi connectivity index (χ0n) is 10.0. The average molecular weight is 307 g/mol. The Labute approximate surface area is 123 Å². The number of nitrogens with zero attached hydrogens (tertiary/aromatic N) is 2. The number of fused-ring (bicyclic) bond motifs is 1. The second kappa shape index (κ2) is 5.19. The monoisotopic (exact) mass is 306 g/mol. The number of halogens is 2. The van der Waals surface area contributed by atoms with Gasteiger partial charge in [0.15, 0.2) is 10.8 Å². The zero-order chi connectivity index (χ0) is 14.1. The van der Waals surface area contributed by atoms with Crippen molar-refractivity contribution in [2.45, 2.75) is 0 Å². The molecule has 2 aromatic carbocycles. The Morgan fingerprint density at radius 3 is 2.60 bits per heavy atom. The van der Waals surface area contributed by atoms with Gasteiger partial charge in [0.05, 0.1) is 9.72 Å². The van der Waals surface area contributed by atoms with Crippen molar-refractivity contribution in [1.29, 1.82) is 0 Å². The Bertz CT molecular complexity index is 816. The predicted molar refractivity (Wildman–Crippen MR) is 79.1 cm³/mol. The van der Waals surface area contributed by atoms with E-state index in [0.29, 0.717) is 20.8 Å². The van der Waals surface area contributed by atoms with Crippen LogP contribution < -0.4 is 0 Å². The number of benzene rings is 2. The lowest BCUT2D eigenvalue weighted by atomic mass is 10.2. The Kier molecular flexibility index (Phi) is 3.38. The molecule has 1 aromatic heterocycles. The summed E-state index contributed by atoms with van der Waals surface area (Å²) in [5, 5.41) is 19.1. The number of hydrogen-bond acceptors (Lipinski definition) is 4. The van der Waals surface area contributed by atoms with Gasteiger partial charge in [0.1, 0.15) is 11.5 Å². The molecule has 1 N–H and O–H groups in total. The number of aromatic hydroxyl groups is 1. The van der Waals surface area contributed by atoms with E-state index in [0.717, 1.165) is 11.3 Å². The van der Waals surface area contributed by atoms with Crippen molar-refractivity contribution >= 4 is 43.7 Å². The molecule has 6 heteroatoms. The van der Waals surface area contributed by atoms with Gasteiger partial charge >= 0.3 is 0 Å². The van der Waals surface area contributed by atoms with Crippen LogP contribution in [-0.4, -0.2) is 5.11 Å². The van der Waals surface area contributed by atoms with Gasteiger partial charge < -0.3 is 5.11 Å². The number of thiophene rings is 1. The Morgan fingerprint density at radius 2 is 1.85 bits per heavy atom. The molecule has 0 saturated heterocycles. The largest absolute Gasteiger partial charge is 0.504 e. The van der Waals surface area contributed by atoms with E-state index in [4.69, 9.17) is 11.6 Å². The molecule has 0 aliphatic heterocycles. The van der Waals surface area contributed by atoms with E-state index < -0.39 is 0 Å². The van der Waals surface area contributed by atoms with Gasteiger partial charge in [0, 0.05) is 5.39 Å². The molecule has 0 bridgehead atoms. The van der Waals surface area contributed by atoms with Gasteiger partial charge in [-0.2, -0.15) is 0 Å². The lowest BCUT2D eigenvalue weighted by Gasteiger charge is -1.94. The summed E-state index contributed by atoms with van der Waals surface area (Å²) in [6.07, 6.45) is 0. The van der Waals surface area contributed by atoms with Crippen molar-refractivity contribution in [2.24, 2.45) is 10.2 Å². The molecule has 3 nitrogen and oxygen atoms in total. The van der Waals surface area contributed by atoms with Gasteiger partial charge in [-0.15, -0.1) is 21.6 Å². The average Bonchev–Trinajstić information content (AvgIpc) is 2.77. The first-order chi connectivity index (χ1) is 9.66. The van der Waals surface area contributed by atoms with Gasteiger partial charge in [0.25, 0.3) is 0 Å². The summed E-state index contributed by atoms with van der Waals surface area (Å²) in [4.78, 5) is 0. The minimum absolute atomic E-state index is 0.0692. The van der Waals surface area contributed by atoms with E-state index in [1.165, 1.54) is 6.07 Å². The van der Waals surface area contributed by atoms with Crippen LogP contribution in [0.5, 0.6) is 5.75 Å². The minimum atomic E-state index is -0.387. The van der Waals surface area contributed by atoms with Gasteiger partial charge in [-0.1, -0.05) is 29.8 Å². The van der Waals surface area contributed by atoms with Gasteiger partial charge in [-0.05, 0) is 24.3 Å². The third-order valence-corrected chi connectivity index (χ3v) is 4.13. The molecule has 20 heavy (non-hydrogen) atoms. The van der Waals surface area contributed by atoms with Crippen LogP contribution in [0, 0.1) is 5.82 Å². The SMILES string of the molecule is Oc1c(N=Nc2ccccc2Cl)sc2c(F)cccc12. The van der Waals surface area contributed by atoms with Crippen molar-refractivity contribution in [1.82, 2.24) is 0 Å². The van der Waals surface area contributed by atoms with Crippen LogP contribution in [-0.2, 0) is 0 Å². The van der Waals surface area contributed by atoms with Gasteiger partial charge in [-0.3, -0.25) is 0 Å². The molecule has 0 fully saturated rings. The zero-order valence-corrected chi connectivity index (χ0v) is 11.6. The second-order valence-electron chi connectivity index (χ2n) is 4.02. The van der Waals surface area contributed by atoms with E-state index in [-0.39, 0.29) is 16.6 Å². The van der Waals surface area contributed by atoms with Crippen LogP contribution >= 0.6 is 22.9 Å². The molecule has 0 radical (unpaired) electrons. The van der Waals surface area contributed by atoms with Crippen LogP contribution in [0.2, 0.25) is 5.02 Å². The van der Waals surface area contributed by atoms with Crippen LogP contribution in [0.15, 0.2) is 52.7 Å². The molecule has 0 amide bonds. The maximum absolute atomic E-state index is 13.6. The normalized spacial score (nSPS) is 11.5. The fraction of sp³-hybridized carbons (Fsp3) is 0. The van der Waals surface area contributed by atoms with Crippen molar-refractivity contribution in [3.8, 4) is 5.75 Å². The summed E-state index contributed by atoms with van der Waals surface area (Å²) in [6.45, 7) is 0. The molecular formula is C14H8ClFN2OS. The summed E-state index contributed by atoms with van der Waals surface area (Å²) >= 11 is 7.01. The molecule has 0 atom stereocenters. The maximum atomic E-state index is 13.6. The lowest BCUT2D eigenvalue weighted by Crippen LogP contribution is -1.70. The summed E-state index contributed by atoms with van der Waals surface area (Å²) in [7, 11) is 0. The minimum Gasteiger partial charge on any atom is -0.504 e. The molecule has 0 aliphatic rings. The van der Waals surface area contributed by atoms with Gasteiger partial charge in [-0.25, -0.2) is 4.39 Å². The first-order valence-electron chi connectivity index (χ1n) is 5.73. The highest BCUT2D eigenvalue weighted by Crippen LogP contribution is 2.44. The smallest absolute Gasteiger partial charge is 0.182 e. The van der Waals surface area contributed by atoms with Crippen LogP contribution in [0.25, 0.3) is 10.1 Å². The Morgan fingerprint density at radius 1 is 1.05 bits per heavy atom. The van der Waals surface area contributed by atoms with Crippen molar-refractivity contribution in [2.75, 3.05) is 0 Å². The number of rotatable bonds is 2. The van der Waals surface area contributed by atoms with E-state index in [9.17, 15) is 9.50 Å². The number of azo groups is 1. The molecule has 0 aliphatic carbocycles. The standard InChI is InChI=1S/C14H8ClFN2OS/c15-9-5-1-2-7-11(9)17-18-14-12(19)8-4-3-6-10(16)13(8)20-14/h1-7,19H.